The van der Waals surface area contributed by atoms with Gasteiger partial charge in [0.2, 0.25) is 0 Å². The summed E-state index contributed by atoms with van der Waals surface area (Å²) in [7, 11) is 0. The van der Waals surface area contributed by atoms with Crippen molar-refractivity contribution in [2.45, 2.75) is 38.1 Å². The fraction of sp³-hybridized carbons (Fsp3) is 0.889. The Balaban J connectivity index is 2.39. The van der Waals surface area contributed by atoms with E-state index in [1.807, 2.05) is 0 Å². The van der Waals surface area contributed by atoms with Gasteiger partial charge in [0.1, 0.15) is 4.38 Å². The third-order valence-corrected chi connectivity index (χ3v) is 4.12. The van der Waals surface area contributed by atoms with Crippen LogP contribution in [0.25, 0.3) is 0 Å². The fourth-order valence-electron chi connectivity index (χ4n) is 1.55. The topological polar surface area (TPSA) is 12.4 Å². The predicted octanol–water partition coefficient (Wildman–Crippen LogP) is 3.40. The SMILES string of the molecule is CSC(=NC1CCCCC1)SC. The lowest BCUT2D eigenvalue weighted by Gasteiger charge is -2.18. The Bertz CT molecular complexity index is 145. The van der Waals surface area contributed by atoms with Gasteiger partial charge in [-0.1, -0.05) is 19.3 Å². The minimum atomic E-state index is 0.633. The quantitative estimate of drug-likeness (QED) is 0.478. The molecule has 0 spiro atoms. The van der Waals surface area contributed by atoms with E-state index in [1.54, 1.807) is 23.5 Å². The third-order valence-electron chi connectivity index (χ3n) is 2.21. The normalized spacial score (nSPS) is 19.2. The fourth-order valence-corrected chi connectivity index (χ4v) is 2.72. The molecule has 0 atom stereocenters. The van der Waals surface area contributed by atoms with Crippen LogP contribution in [0.3, 0.4) is 0 Å². The zero-order chi connectivity index (χ0) is 8.81. The second kappa shape index (κ2) is 5.92. The van der Waals surface area contributed by atoms with Crippen molar-refractivity contribution in [3.8, 4) is 0 Å². The molecule has 1 nitrogen and oxygen atoms in total. The summed E-state index contributed by atoms with van der Waals surface area (Å²) in [6, 6.07) is 0.633. The van der Waals surface area contributed by atoms with Crippen molar-refractivity contribution in [1.82, 2.24) is 0 Å². The maximum Gasteiger partial charge on any atom is 0.124 e. The van der Waals surface area contributed by atoms with Gasteiger partial charge in [0.05, 0.1) is 6.04 Å². The molecule has 0 unspecified atom stereocenters. The Kier molecular flexibility index (Phi) is 5.16. The molecule has 1 fully saturated rings. The highest BCUT2D eigenvalue weighted by Gasteiger charge is 2.12. The zero-order valence-corrected chi connectivity index (χ0v) is 9.51. The Morgan fingerprint density at radius 2 is 1.67 bits per heavy atom. The minimum Gasteiger partial charge on any atom is -0.268 e. The van der Waals surface area contributed by atoms with E-state index in [2.05, 4.69) is 12.5 Å². The summed E-state index contributed by atoms with van der Waals surface area (Å²) in [5.41, 5.74) is 0. The number of thioether (sulfide) groups is 2. The molecular formula is C9H17NS2. The van der Waals surface area contributed by atoms with Gasteiger partial charge in [-0.25, -0.2) is 0 Å². The highest BCUT2D eigenvalue weighted by atomic mass is 32.2. The average molecular weight is 203 g/mol. The molecule has 0 saturated heterocycles. The molecule has 0 aliphatic heterocycles. The van der Waals surface area contributed by atoms with Crippen molar-refractivity contribution >= 4 is 27.9 Å². The third kappa shape index (κ3) is 3.40. The molecular weight excluding hydrogens is 186 g/mol. The van der Waals surface area contributed by atoms with E-state index in [4.69, 9.17) is 4.99 Å². The first-order valence-corrected chi connectivity index (χ1v) is 6.97. The molecule has 0 bridgehead atoms. The summed E-state index contributed by atoms with van der Waals surface area (Å²) in [4.78, 5) is 4.72. The summed E-state index contributed by atoms with van der Waals surface area (Å²) >= 11 is 3.55. The van der Waals surface area contributed by atoms with E-state index in [-0.39, 0.29) is 0 Å². The zero-order valence-electron chi connectivity index (χ0n) is 7.88. The second-order valence-electron chi connectivity index (χ2n) is 3.10. The first-order valence-electron chi connectivity index (χ1n) is 4.52. The van der Waals surface area contributed by atoms with Gasteiger partial charge in [-0.05, 0) is 25.4 Å². The highest BCUT2D eigenvalue weighted by Crippen LogP contribution is 2.23. The summed E-state index contributed by atoms with van der Waals surface area (Å²) < 4.78 is 1.25. The monoisotopic (exact) mass is 203 g/mol. The molecule has 0 amide bonds. The molecule has 0 N–H and O–H groups in total. The van der Waals surface area contributed by atoms with Gasteiger partial charge in [0.15, 0.2) is 0 Å². The number of aliphatic imine (C=N–C) groups is 1. The van der Waals surface area contributed by atoms with Crippen molar-refractivity contribution < 1.29 is 0 Å². The molecule has 0 aromatic heterocycles. The van der Waals surface area contributed by atoms with Crippen molar-refractivity contribution in [1.29, 1.82) is 0 Å². The lowest BCUT2D eigenvalue weighted by molar-refractivity contribution is 0.444. The number of hydrogen-bond acceptors (Lipinski definition) is 3. The highest BCUT2D eigenvalue weighted by molar-refractivity contribution is 8.38. The van der Waals surface area contributed by atoms with Gasteiger partial charge in [0, 0.05) is 0 Å². The molecule has 1 aliphatic carbocycles. The van der Waals surface area contributed by atoms with Gasteiger partial charge in [0.25, 0.3) is 0 Å². The average Bonchev–Trinajstić information content (AvgIpc) is 2.16. The molecule has 3 heteroatoms. The summed E-state index contributed by atoms with van der Waals surface area (Å²) in [5.74, 6) is 0. The van der Waals surface area contributed by atoms with Gasteiger partial charge in [-0.2, -0.15) is 0 Å². The largest absolute Gasteiger partial charge is 0.268 e. The Morgan fingerprint density at radius 3 is 2.17 bits per heavy atom. The van der Waals surface area contributed by atoms with Crippen LogP contribution in [0, 0.1) is 0 Å². The second-order valence-corrected chi connectivity index (χ2v) is 4.94. The lowest BCUT2D eigenvalue weighted by Crippen LogP contribution is -2.10. The standard InChI is InChI=1S/C9H17NS2/c1-11-9(12-2)10-8-6-4-3-5-7-8/h8H,3-7H2,1-2H3. The van der Waals surface area contributed by atoms with E-state index >= 15 is 0 Å². The van der Waals surface area contributed by atoms with Crippen LogP contribution in [0.15, 0.2) is 4.99 Å². The van der Waals surface area contributed by atoms with Crippen LogP contribution < -0.4 is 0 Å². The van der Waals surface area contributed by atoms with Crippen molar-refractivity contribution in [3.05, 3.63) is 0 Å². The number of rotatable bonds is 1. The Labute approximate surface area is 83.8 Å². The maximum atomic E-state index is 4.72. The van der Waals surface area contributed by atoms with Crippen LogP contribution in [0.4, 0.5) is 0 Å². The van der Waals surface area contributed by atoms with Crippen LogP contribution in [-0.4, -0.2) is 22.9 Å². The lowest BCUT2D eigenvalue weighted by atomic mass is 9.96. The van der Waals surface area contributed by atoms with Crippen molar-refractivity contribution in [2.24, 2.45) is 4.99 Å². The molecule has 12 heavy (non-hydrogen) atoms. The molecule has 1 aliphatic rings. The van der Waals surface area contributed by atoms with E-state index in [1.165, 1.54) is 36.5 Å². The number of nitrogens with zero attached hydrogens (tertiary/aromatic N) is 1. The predicted molar refractivity (Wildman–Crippen MR) is 61.3 cm³/mol. The van der Waals surface area contributed by atoms with Gasteiger partial charge in [-0.3, -0.25) is 4.99 Å². The smallest absolute Gasteiger partial charge is 0.124 e. The maximum absolute atomic E-state index is 4.72. The van der Waals surface area contributed by atoms with E-state index in [0.29, 0.717) is 6.04 Å². The first kappa shape index (κ1) is 10.5. The molecule has 0 heterocycles. The van der Waals surface area contributed by atoms with Crippen molar-refractivity contribution in [3.63, 3.8) is 0 Å². The van der Waals surface area contributed by atoms with Crippen LogP contribution >= 0.6 is 23.5 Å². The number of hydrogen-bond donors (Lipinski definition) is 0. The van der Waals surface area contributed by atoms with E-state index < -0.39 is 0 Å². The van der Waals surface area contributed by atoms with Gasteiger partial charge < -0.3 is 0 Å². The van der Waals surface area contributed by atoms with Crippen molar-refractivity contribution in [2.75, 3.05) is 12.5 Å². The summed E-state index contributed by atoms with van der Waals surface area (Å²) in [6.45, 7) is 0. The van der Waals surface area contributed by atoms with Gasteiger partial charge in [-0.15, -0.1) is 23.5 Å². The molecule has 0 aromatic carbocycles. The minimum absolute atomic E-state index is 0.633. The summed E-state index contributed by atoms with van der Waals surface area (Å²) in [6.07, 6.45) is 11.0. The first-order chi connectivity index (χ1) is 5.86. The van der Waals surface area contributed by atoms with Crippen LogP contribution in [0.1, 0.15) is 32.1 Å². The molecule has 0 aromatic rings. The Hall–Kier alpha value is 0.370. The van der Waals surface area contributed by atoms with Crippen LogP contribution in [0.2, 0.25) is 0 Å². The molecule has 1 saturated carbocycles. The molecule has 1 rings (SSSR count). The van der Waals surface area contributed by atoms with E-state index in [0.717, 1.165) is 0 Å². The van der Waals surface area contributed by atoms with Crippen LogP contribution in [-0.2, 0) is 0 Å². The summed E-state index contributed by atoms with van der Waals surface area (Å²) in [5, 5.41) is 0. The molecule has 0 radical (unpaired) electrons. The van der Waals surface area contributed by atoms with E-state index in [9.17, 15) is 0 Å². The van der Waals surface area contributed by atoms with Gasteiger partial charge >= 0.3 is 0 Å². The van der Waals surface area contributed by atoms with Crippen LogP contribution in [0.5, 0.6) is 0 Å². The Morgan fingerprint density at radius 1 is 1.08 bits per heavy atom. The molecule has 70 valence electrons.